The quantitative estimate of drug-likeness (QED) is 0.719. The lowest BCUT2D eigenvalue weighted by Gasteiger charge is -2.36. The first kappa shape index (κ1) is 10.4. The van der Waals surface area contributed by atoms with Crippen LogP contribution in [0.5, 0.6) is 0 Å². The molecule has 0 bridgehead atoms. The summed E-state index contributed by atoms with van der Waals surface area (Å²) in [5.41, 5.74) is 5.98. The van der Waals surface area contributed by atoms with Crippen LogP contribution in [0.1, 0.15) is 34.1 Å². The molecule has 0 aromatic carbocycles. The second-order valence-electron chi connectivity index (χ2n) is 4.51. The number of rotatable bonds is 3. The van der Waals surface area contributed by atoms with Gasteiger partial charge in [-0.25, -0.2) is 0 Å². The summed E-state index contributed by atoms with van der Waals surface area (Å²) >= 11 is 0. The Labute approximate surface area is 81.0 Å². The van der Waals surface area contributed by atoms with Gasteiger partial charge in [0.1, 0.15) is 0 Å². The summed E-state index contributed by atoms with van der Waals surface area (Å²) in [6.07, 6.45) is 1.16. The van der Waals surface area contributed by atoms with E-state index in [2.05, 4.69) is 37.6 Å². The maximum Gasteiger partial charge on any atom is 0.191 e. The Hall–Kier alpha value is -0.730. The Kier molecular flexibility index (Phi) is 2.84. The largest absolute Gasteiger partial charge is 0.370 e. The molecule has 0 aromatic rings. The normalized spacial score (nSPS) is 28.4. The summed E-state index contributed by atoms with van der Waals surface area (Å²) < 4.78 is 0. The smallest absolute Gasteiger partial charge is 0.191 e. The number of aliphatic imine (C=N–C) groups is 1. The molecule has 0 saturated heterocycles. The van der Waals surface area contributed by atoms with Crippen LogP contribution in [0.15, 0.2) is 4.99 Å². The Bertz CT molecular complexity index is 210. The molecule has 1 aliphatic heterocycles. The van der Waals surface area contributed by atoms with E-state index < -0.39 is 0 Å². The van der Waals surface area contributed by atoms with Gasteiger partial charge in [-0.2, -0.15) is 0 Å². The number of nitrogens with two attached hydrogens (primary N) is 1. The van der Waals surface area contributed by atoms with Crippen LogP contribution in [-0.2, 0) is 0 Å². The summed E-state index contributed by atoms with van der Waals surface area (Å²) in [5, 5.41) is 0. The number of likely N-dealkylation sites (N-methyl/N-ethyl adjacent to an activating group) is 1. The van der Waals surface area contributed by atoms with Crippen molar-refractivity contribution in [3.63, 3.8) is 0 Å². The van der Waals surface area contributed by atoms with Crippen LogP contribution in [0.2, 0.25) is 0 Å². The molecule has 0 fully saturated rings. The number of nitrogens with zero attached hydrogens (tertiary/aromatic N) is 2. The monoisotopic (exact) mass is 183 g/mol. The second kappa shape index (κ2) is 3.56. The van der Waals surface area contributed by atoms with Gasteiger partial charge in [-0.15, -0.1) is 0 Å². The molecule has 0 amide bonds. The SMILES string of the molecule is CCN1C(N)=NCC1(C)CC(C)C. The third kappa shape index (κ3) is 1.95. The van der Waals surface area contributed by atoms with Crippen molar-refractivity contribution in [2.45, 2.75) is 39.7 Å². The average molecular weight is 183 g/mol. The van der Waals surface area contributed by atoms with Gasteiger partial charge in [-0.05, 0) is 26.2 Å². The first-order chi connectivity index (χ1) is 5.99. The minimum absolute atomic E-state index is 0.160. The van der Waals surface area contributed by atoms with Gasteiger partial charge in [-0.3, -0.25) is 4.99 Å². The van der Waals surface area contributed by atoms with Crippen molar-refractivity contribution in [2.75, 3.05) is 13.1 Å². The average Bonchev–Trinajstić information content (AvgIpc) is 2.25. The summed E-state index contributed by atoms with van der Waals surface area (Å²) in [7, 11) is 0. The zero-order valence-corrected chi connectivity index (χ0v) is 9.17. The van der Waals surface area contributed by atoms with Crippen LogP contribution in [-0.4, -0.2) is 29.5 Å². The van der Waals surface area contributed by atoms with Gasteiger partial charge in [0.25, 0.3) is 0 Å². The molecular weight excluding hydrogens is 162 g/mol. The topological polar surface area (TPSA) is 41.6 Å². The Morgan fingerprint density at radius 2 is 2.23 bits per heavy atom. The van der Waals surface area contributed by atoms with Crippen molar-refractivity contribution in [2.24, 2.45) is 16.6 Å². The fraction of sp³-hybridized carbons (Fsp3) is 0.900. The molecule has 2 N–H and O–H groups in total. The molecule has 0 aliphatic carbocycles. The third-order valence-electron chi connectivity index (χ3n) is 2.67. The van der Waals surface area contributed by atoms with Gasteiger partial charge in [0, 0.05) is 6.54 Å². The van der Waals surface area contributed by atoms with Crippen molar-refractivity contribution < 1.29 is 0 Å². The van der Waals surface area contributed by atoms with E-state index >= 15 is 0 Å². The van der Waals surface area contributed by atoms with E-state index in [0.717, 1.165) is 19.5 Å². The zero-order chi connectivity index (χ0) is 10.1. The highest BCUT2D eigenvalue weighted by Gasteiger charge is 2.36. The van der Waals surface area contributed by atoms with Gasteiger partial charge < -0.3 is 10.6 Å². The van der Waals surface area contributed by atoms with Gasteiger partial charge in [0.2, 0.25) is 0 Å². The van der Waals surface area contributed by atoms with Gasteiger partial charge in [0.05, 0.1) is 12.1 Å². The lowest BCUT2D eigenvalue weighted by atomic mass is 9.90. The molecular formula is C10H21N3. The summed E-state index contributed by atoms with van der Waals surface area (Å²) in [6.45, 7) is 10.7. The maximum absolute atomic E-state index is 5.82. The summed E-state index contributed by atoms with van der Waals surface area (Å²) in [4.78, 5) is 6.53. The van der Waals surface area contributed by atoms with Gasteiger partial charge >= 0.3 is 0 Å². The van der Waals surface area contributed by atoms with Crippen molar-refractivity contribution >= 4 is 5.96 Å². The van der Waals surface area contributed by atoms with Gasteiger partial charge in [0.15, 0.2) is 5.96 Å². The highest BCUT2D eigenvalue weighted by molar-refractivity contribution is 5.80. The van der Waals surface area contributed by atoms with Crippen LogP contribution in [0, 0.1) is 5.92 Å². The number of hydrogen-bond donors (Lipinski definition) is 1. The number of guanidine groups is 1. The van der Waals surface area contributed by atoms with Crippen LogP contribution in [0.4, 0.5) is 0 Å². The first-order valence-corrected chi connectivity index (χ1v) is 5.07. The standard InChI is InChI=1S/C10H21N3/c1-5-13-9(11)12-7-10(13,4)6-8(2)3/h8H,5-7H2,1-4H3,(H2,11,12). The number of hydrogen-bond acceptors (Lipinski definition) is 3. The van der Waals surface area contributed by atoms with Gasteiger partial charge in [-0.1, -0.05) is 13.8 Å². The summed E-state index contributed by atoms with van der Waals surface area (Å²) in [5.74, 6) is 1.41. The molecule has 1 rings (SSSR count). The fourth-order valence-electron chi connectivity index (χ4n) is 2.30. The Morgan fingerprint density at radius 1 is 1.62 bits per heavy atom. The molecule has 13 heavy (non-hydrogen) atoms. The molecule has 1 heterocycles. The summed E-state index contributed by atoms with van der Waals surface area (Å²) in [6, 6.07) is 0. The molecule has 0 saturated carbocycles. The predicted molar refractivity (Wildman–Crippen MR) is 56.7 cm³/mol. The Morgan fingerprint density at radius 3 is 2.69 bits per heavy atom. The molecule has 1 aliphatic rings. The van der Waals surface area contributed by atoms with E-state index in [1.807, 2.05) is 0 Å². The molecule has 76 valence electrons. The fourth-order valence-corrected chi connectivity index (χ4v) is 2.30. The van der Waals surface area contributed by atoms with Crippen molar-refractivity contribution in [3.8, 4) is 0 Å². The minimum atomic E-state index is 0.160. The highest BCUT2D eigenvalue weighted by atomic mass is 15.3. The van der Waals surface area contributed by atoms with Crippen LogP contribution in [0.25, 0.3) is 0 Å². The second-order valence-corrected chi connectivity index (χ2v) is 4.51. The van der Waals surface area contributed by atoms with Crippen LogP contribution in [0.3, 0.4) is 0 Å². The molecule has 0 aromatic heterocycles. The molecule has 0 spiro atoms. The van der Waals surface area contributed by atoms with E-state index in [1.165, 1.54) is 0 Å². The molecule has 3 nitrogen and oxygen atoms in total. The van der Waals surface area contributed by atoms with E-state index in [9.17, 15) is 0 Å². The van der Waals surface area contributed by atoms with Crippen molar-refractivity contribution in [1.82, 2.24) is 4.90 Å². The van der Waals surface area contributed by atoms with Crippen LogP contribution >= 0.6 is 0 Å². The van der Waals surface area contributed by atoms with E-state index in [-0.39, 0.29) is 5.54 Å². The molecule has 3 heteroatoms. The Balaban J connectivity index is 2.70. The van der Waals surface area contributed by atoms with Crippen molar-refractivity contribution in [3.05, 3.63) is 0 Å². The predicted octanol–water partition coefficient (Wildman–Crippen LogP) is 1.44. The molecule has 1 atom stereocenters. The maximum atomic E-state index is 5.82. The lowest BCUT2D eigenvalue weighted by Crippen LogP contribution is -2.50. The third-order valence-corrected chi connectivity index (χ3v) is 2.67. The lowest BCUT2D eigenvalue weighted by molar-refractivity contribution is 0.193. The first-order valence-electron chi connectivity index (χ1n) is 5.07. The highest BCUT2D eigenvalue weighted by Crippen LogP contribution is 2.27. The van der Waals surface area contributed by atoms with E-state index in [1.54, 1.807) is 0 Å². The molecule has 1 unspecified atom stereocenters. The molecule has 0 radical (unpaired) electrons. The zero-order valence-electron chi connectivity index (χ0n) is 9.17. The minimum Gasteiger partial charge on any atom is -0.370 e. The van der Waals surface area contributed by atoms with E-state index in [0.29, 0.717) is 11.9 Å². The van der Waals surface area contributed by atoms with Crippen molar-refractivity contribution in [1.29, 1.82) is 0 Å². The van der Waals surface area contributed by atoms with Crippen LogP contribution < -0.4 is 5.73 Å². The van der Waals surface area contributed by atoms with E-state index in [4.69, 9.17) is 5.73 Å².